The molecule has 0 heterocycles. The van der Waals surface area contributed by atoms with E-state index in [9.17, 15) is 9.90 Å². The predicted molar refractivity (Wildman–Crippen MR) is 93.7 cm³/mol. The minimum absolute atomic E-state index is 0.122. The number of benzene rings is 2. The third-order valence-electron chi connectivity index (χ3n) is 3.45. The van der Waals surface area contributed by atoms with Gasteiger partial charge < -0.3 is 19.9 Å². The molecule has 0 saturated carbocycles. The second-order valence-corrected chi connectivity index (χ2v) is 5.70. The van der Waals surface area contributed by atoms with Gasteiger partial charge in [-0.15, -0.1) is 0 Å². The maximum atomic E-state index is 11.0. The van der Waals surface area contributed by atoms with E-state index in [1.165, 1.54) is 6.92 Å². The summed E-state index contributed by atoms with van der Waals surface area (Å²) >= 11 is 0. The molecule has 5 nitrogen and oxygen atoms in total. The van der Waals surface area contributed by atoms with Crippen LogP contribution in [0.3, 0.4) is 0 Å². The van der Waals surface area contributed by atoms with Crippen molar-refractivity contribution in [2.24, 2.45) is 0 Å². The Bertz CT molecular complexity index is 662. The summed E-state index contributed by atoms with van der Waals surface area (Å²) in [6.45, 7) is 5.70. The Balaban J connectivity index is 1.80. The first kappa shape index (κ1) is 17.8. The minimum atomic E-state index is -0.737. The maximum absolute atomic E-state index is 11.0. The summed E-state index contributed by atoms with van der Waals surface area (Å²) in [5.41, 5.74) is 2.78. The van der Waals surface area contributed by atoms with Crippen LogP contribution in [0.4, 0.5) is 5.69 Å². The molecular weight excluding hydrogens is 306 g/mol. The van der Waals surface area contributed by atoms with Gasteiger partial charge in [-0.05, 0) is 49.2 Å². The molecule has 2 aromatic rings. The largest absolute Gasteiger partial charge is 0.491 e. The van der Waals surface area contributed by atoms with E-state index in [-0.39, 0.29) is 19.1 Å². The van der Waals surface area contributed by atoms with Crippen LogP contribution in [-0.4, -0.2) is 30.3 Å². The van der Waals surface area contributed by atoms with Crippen molar-refractivity contribution in [2.45, 2.75) is 26.9 Å². The van der Waals surface area contributed by atoms with Crippen LogP contribution < -0.4 is 14.8 Å². The molecule has 0 saturated heterocycles. The molecule has 0 bridgehead atoms. The number of hydrogen-bond donors (Lipinski definition) is 2. The number of rotatable bonds is 7. The van der Waals surface area contributed by atoms with Gasteiger partial charge in [0.05, 0.1) is 0 Å². The number of para-hydroxylation sites is 1. The van der Waals surface area contributed by atoms with Crippen molar-refractivity contribution in [1.82, 2.24) is 0 Å². The number of aryl methyl sites for hydroxylation is 2. The van der Waals surface area contributed by atoms with E-state index in [4.69, 9.17) is 9.47 Å². The number of carbonyl (C=O) groups is 1. The molecule has 0 aliphatic rings. The normalized spacial score (nSPS) is 11.7. The second-order valence-electron chi connectivity index (χ2n) is 5.70. The summed E-state index contributed by atoms with van der Waals surface area (Å²) in [4.78, 5) is 11.0. The molecule has 5 heteroatoms. The fourth-order valence-corrected chi connectivity index (χ4v) is 2.28. The molecule has 0 aromatic heterocycles. The highest BCUT2D eigenvalue weighted by Crippen LogP contribution is 2.22. The van der Waals surface area contributed by atoms with E-state index in [0.29, 0.717) is 11.4 Å². The van der Waals surface area contributed by atoms with Crippen LogP contribution in [0.1, 0.15) is 18.1 Å². The summed E-state index contributed by atoms with van der Waals surface area (Å²) < 4.78 is 11.2. The molecule has 0 aliphatic carbocycles. The zero-order valence-corrected chi connectivity index (χ0v) is 14.2. The van der Waals surface area contributed by atoms with Crippen molar-refractivity contribution in [1.29, 1.82) is 0 Å². The smallest absolute Gasteiger partial charge is 0.221 e. The Morgan fingerprint density at radius 2 is 1.62 bits per heavy atom. The number of anilines is 1. The zero-order valence-electron chi connectivity index (χ0n) is 14.2. The predicted octanol–water partition coefficient (Wildman–Crippen LogP) is 3.08. The van der Waals surface area contributed by atoms with Crippen LogP contribution in [0.25, 0.3) is 0 Å². The molecule has 1 unspecified atom stereocenters. The van der Waals surface area contributed by atoms with Gasteiger partial charge in [0.15, 0.2) is 0 Å². The Kier molecular flexibility index (Phi) is 6.21. The Labute approximate surface area is 142 Å². The van der Waals surface area contributed by atoms with Crippen molar-refractivity contribution in [3.05, 3.63) is 53.6 Å². The Hall–Kier alpha value is -2.53. The highest BCUT2D eigenvalue weighted by molar-refractivity contribution is 5.88. The molecule has 1 amide bonds. The van der Waals surface area contributed by atoms with Gasteiger partial charge in [0.1, 0.15) is 30.8 Å². The molecule has 24 heavy (non-hydrogen) atoms. The fraction of sp³-hybridized carbons (Fsp3) is 0.316. The minimum Gasteiger partial charge on any atom is -0.491 e. The Morgan fingerprint density at radius 3 is 2.21 bits per heavy atom. The SMILES string of the molecule is CC(=O)Nc1ccc(OCC(O)COc2c(C)cccc2C)cc1. The van der Waals surface area contributed by atoms with Gasteiger partial charge in [0.2, 0.25) is 5.91 Å². The average molecular weight is 329 g/mol. The van der Waals surface area contributed by atoms with Crippen molar-refractivity contribution in [2.75, 3.05) is 18.5 Å². The van der Waals surface area contributed by atoms with Gasteiger partial charge in [-0.2, -0.15) is 0 Å². The maximum Gasteiger partial charge on any atom is 0.221 e. The number of aliphatic hydroxyl groups excluding tert-OH is 1. The first-order valence-corrected chi connectivity index (χ1v) is 7.83. The number of ether oxygens (including phenoxy) is 2. The molecule has 0 aliphatic heterocycles. The molecule has 128 valence electrons. The third kappa shape index (κ3) is 5.28. The fourth-order valence-electron chi connectivity index (χ4n) is 2.28. The molecular formula is C19H23NO4. The van der Waals surface area contributed by atoms with Gasteiger partial charge in [-0.1, -0.05) is 18.2 Å². The summed E-state index contributed by atoms with van der Waals surface area (Å²) in [7, 11) is 0. The number of nitrogens with one attached hydrogen (secondary N) is 1. The van der Waals surface area contributed by atoms with Crippen LogP contribution in [-0.2, 0) is 4.79 Å². The summed E-state index contributed by atoms with van der Waals surface area (Å²) in [6, 6.07) is 12.9. The monoisotopic (exact) mass is 329 g/mol. The molecule has 0 spiro atoms. The van der Waals surface area contributed by atoms with Crippen LogP contribution in [0.2, 0.25) is 0 Å². The highest BCUT2D eigenvalue weighted by Gasteiger charge is 2.09. The van der Waals surface area contributed by atoms with Gasteiger partial charge >= 0.3 is 0 Å². The number of hydrogen-bond acceptors (Lipinski definition) is 4. The summed E-state index contributed by atoms with van der Waals surface area (Å²) in [5.74, 6) is 1.30. The molecule has 2 aromatic carbocycles. The number of carbonyl (C=O) groups excluding carboxylic acids is 1. The second kappa shape index (κ2) is 8.36. The van der Waals surface area contributed by atoms with Gasteiger partial charge in [0, 0.05) is 12.6 Å². The topological polar surface area (TPSA) is 67.8 Å². The van der Waals surface area contributed by atoms with E-state index in [1.54, 1.807) is 24.3 Å². The van der Waals surface area contributed by atoms with E-state index >= 15 is 0 Å². The van der Waals surface area contributed by atoms with Crippen LogP contribution in [0.15, 0.2) is 42.5 Å². The average Bonchev–Trinajstić information content (AvgIpc) is 2.53. The lowest BCUT2D eigenvalue weighted by Gasteiger charge is -2.16. The standard InChI is InChI=1S/C19H23NO4/c1-13-5-4-6-14(2)19(13)24-12-17(22)11-23-18-9-7-16(8-10-18)20-15(3)21/h4-10,17,22H,11-12H2,1-3H3,(H,20,21). The third-order valence-corrected chi connectivity index (χ3v) is 3.45. The molecule has 2 N–H and O–H groups in total. The van der Waals surface area contributed by atoms with E-state index in [2.05, 4.69) is 5.32 Å². The lowest BCUT2D eigenvalue weighted by molar-refractivity contribution is -0.114. The first-order valence-electron chi connectivity index (χ1n) is 7.83. The lowest BCUT2D eigenvalue weighted by atomic mass is 10.1. The molecule has 1 atom stereocenters. The van der Waals surface area contributed by atoms with Gasteiger partial charge in [-0.25, -0.2) is 0 Å². The zero-order chi connectivity index (χ0) is 17.5. The highest BCUT2D eigenvalue weighted by atomic mass is 16.5. The van der Waals surface area contributed by atoms with Crippen molar-refractivity contribution in [3.8, 4) is 11.5 Å². The van der Waals surface area contributed by atoms with E-state index in [1.807, 2.05) is 32.0 Å². The van der Waals surface area contributed by atoms with E-state index < -0.39 is 6.10 Å². The molecule has 0 fully saturated rings. The van der Waals surface area contributed by atoms with Gasteiger partial charge in [0.25, 0.3) is 0 Å². The quantitative estimate of drug-likeness (QED) is 0.819. The summed E-state index contributed by atoms with van der Waals surface area (Å²) in [6.07, 6.45) is -0.737. The van der Waals surface area contributed by atoms with Crippen molar-refractivity contribution >= 4 is 11.6 Å². The van der Waals surface area contributed by atoms with Gasteiger partial charge in [-0.3, -0.25) is 4.79 Å². The van der Waals surface area contributed by atoms with Crippen LogP contribution >= 0.6 is 0 Å². The van der Waals surface area contributed by atoms with Crippen LogP contribution in [0.5, 0.6) is 11.5 Å². The first-order chi connectivity index (χ1) is 11.5. The Morgan fingerprint density at radius 1 is 1.04 bits per heavy atom. The number of amides is 1. The summed E-state index contributed by atoms with van der Waals surface area (Å²) in [5, 5.41) is 12.7. The van der Waals surface area contributed by atoms with Crippen molar-refractivity contribution in [3.63, 3.8) is 0 Å². The van der Waals surface area contributed by atoms with Crippen molar-refractivity contribution < 1.29 is 19.4 Å². The molecule has 2 rings (SSSR count). The van der Waals surface area contributed by atoms with Crippen LogP contribution in [0, 0.1) is 13.8 Å². The van der Waals surface area contributed by atoms with E-state index in [0.717, 1.165) is 16.9 Å². The lowest BCUT2D eigenvalue weighted by Crippen LogP contribution is -2.25. The molecule has 0 radical (unpaired) electrons. The number of aliphatic hydroxyl groups is 1.